The van der Waals surface area contributed by atoms with Crippen LogP contribution in [0, 0.1) is 12.3 Å². The smallest absolute Gasteiger partial charge is 0.166 e. The van der Waals surface area contributed by atoms with Gasteiger partial charge in [-0.3, -0.25) is 5.41 Å². The fraction of sp³-hybridized carbons (Fsp3) is 0.600. The average Bonchev–Trinajstić information content (AvgIpc) is 2.26. The lowest BCUT2D eigenvalue weighted by Gasteiger charge is -2.27. The molecule has 0 saturated carbocycles. The molecule has 2 heterocycles. The van der Waals surface area contributed by atoms with Crippen molar-refractivity contribution in [1.82, 2.24) is 9.71 Å². The molecule has 0 unspecified atom stereocenters. The minimum atomic E-state index is 0.0862. The van der Waals surface area contributed by atoms with E-state index in [0.717, 1.165) is 23.6 Å². The Hall–Kier alpha value is -1.52. The minimum absolute atomic E-state index is 0.0862. The van der Waals surface area contributed by atoms with Gasteiger partial charge in [0, 0.05) is 19.2 Å². The maximum absolute atomic E-state index is 9.38. The first-order valence-electron chi connectivity index (χ1n) is 5.28. The number of anilines is 1. The first kappa shape index (κ1) is 10.0. The van der Waals surface area contributed by atoms with Crippen molar-refractivity contribution < 1.29 is 5.21 Å². The Morgan fingerprint density at radius 3 is 2.60 bits per heavy atom. The monoisotopic (exact) mass is 208 g/mol. The first-order chi connectivity index (χ1) is 7.18. The molecule has 1 aliphatic heterocycles. The van der Waals surface area contributed by atoms with Gasteiger partial charge in [0.2, 0.25) is 0 Å². The van der Waals surface area contributed by atoms with Crippen molar-refractivity contribution in [3.63, 3.8) is 0 Å². The Bertz CT molecular complexity index is 406. The van der Waals surface area contributed by atoms with Crippen LogP contribution in [-0.2, 0) is 0 Å². The molecule has 0 amide bonds. The molecular weight excluding hydrogens is 192 g/mol. The molecule has 1 fully saturated rings. The Balaban J connectivity index is 2.32. The number of nitrogens with one attached hydrogen (secondary N) is 1. The average molecular weight is 208 g/mol. The van der Waals surface area contributed by atoms with Crippen LogP contribution in [0.1, 0.15) is 25.1 Å². The van der Waals surface area contributed by atoms with E-state index in [-0.39, 0.29) is 5.49 Å². The normalized spacial score (nSPS) is 16.7. The number of aromatic nitrogens is 2. The number of piperidine rings is 1. The third-order valence-corrected chi connectivity index (χ3v) is 2.76. The number of hydrogen-bond acceptors (Lipinski definition) is 4. The van der Waals surface area contributed by atoms with Gasteiger partial charge in [0.15, 0.2) is 5.49 Å². The van der Waals surface area contributed by atoms with Crippen molar-refractivity contribution in [3.8, 4) is 0 Å². The summed E-state index contributed by atoms with van der Waals surface area (Å²) in [7, 11) is 0. The van der Waals surface area contributed by atoms with Gasteiger partial charge in [-0.05, 0) is 26.2 Å². The molecule has 1 aromatic heterocycles. The van der Waals surface area contributed by atoms with Gasteiger partial charge in [0.1, 0.15) is 11.6 Å². The van der Waals surface area contributed by atoms with Crippen molar-refractivity contribution in [2.45, 2.75) is 26.2 Å². The molecule has 0 aliphatic carbocycles. The van der Waals surface area contributed by atoms with Crippen LogP contribution in [0.5, 0.6) is 0 Å². The topological polar surface area (TPSA) is 65.1 Å². The van der Waals surface area contributed by atoms with E-state index < -0.39 is 0 Å². The number of aryl methyl sites for hydroxylation is 1. The highest BCUT2D eigenvalue weighted by atomic mass is 16.5. The van der Waals surface area contributed by atoms with E-state index in [1.807, 2.05) is 0 Å². The van der Waals surface area contributed by atoms with Crippen LogP contribution >= 0.6 is 0 Å². The Kier molecular flexibility index (Phi) is 2.62. The second kappa shape index (κ2) is 3.92. The molecule has 1 saturated heterocycles. The Labute approximate surface area is 88.5 Å². The summed E-state index contributed by atoms with van der Waals surface area (Å²) in [6, 6.07) is 1.61. The first-order valence-corrected chi connectivity index (χ1v) is 5.28. The van der Waals surface area contributed by atoms with Crippen molar-refractivity contribution in [1.29, 1.82) is 5.41 Å². The molecule has 0 spiro atoms. The lowest BCUT2D eigenvalue weighted by Crippen LogP contribution is -2.33. The zero-order valence-electron chi connectivity index (χ0n) is 8.90. The number of rotatable bonds is 1. The standard InChI is InChI=1S/C10H16N4O/c1-8-12-10(7-9(11)14(8)15)13-5-3-2-4-6-13/h7,11,15H,2-6H2,1H3. The van der Waals surface area contributed by atoms with Crippen LogP contribution in [0.25, 0.3) is 0 Å². The molecule has 15 heavy (non-hydrogen) atoms. The number of hydrogen-bond donors (Lipinski definition) is 2. The van der Waals surface area contributed by atoms with Crippen LogP contribution in [0.3, 0.4) is 0 Å². The molecule has 0 bridgehead atoms. The van der Waals surface area contributed by atoms with Crippen molar-refractivity contribution >= 4 is 5.82 Å². The molecule has 0 atom stereocenters. The maximum Gasteiger partial charge on any atom is 0.166 e. The summed E-state index contributed by atoms with van der Waals surface area (Å²) in [6.45, 7) is 3.70. The third-order valence-electron chi connectivity index (χ3n) is 2.76. The molecule has 5 nitrogen and oxygen atoms in total. The van der Waals surface area contributed by atoms with Gasteiger partial charge < -0.3 is 10.1 Å². The van der Waals surface area contributed by atoms with Gasteiger partial charge in [0.25, 0.3) is 0 Å². The lowest BCUT2D eigenvalue weighted by molar-refractivity contribution is 0.159. The molecule has 2 N–H and O–H groups in total. The maximum atomic E-state index is 9.38. The zero-order valence-corrected chi connectivity index (χ0v) is 8.90. The molecule has 2 rings (SSSR count). The quantitative estimate of drug-likeness (QED) is 0.674. The van der Waals surface area contributed by atoms with E-state index in [1.54, 1.807) is 13.0 Å². The van der Waals surface area contributed by atoms with Gasteiger partial charge in [-0.25, -0.2) is 4.98 Å². The predicted molar refractivity (Wildman–Crippen MR) is 56.1 cm³/mol. The summed E-state index contributed by atoms with van der Waals surface area (Å²) in [5, 5.41) is 16.9. The third kappa shape index (κ3) is 1.95. The summed E-state index contributed by atoms with van der Waals surface area (Å²) in [5.41, 5.74) is 0.0862. The molecule has 1 aliphatic rings. The second-order valence-corrected chi connectivity index (χ2v) is 3.91. The summed E-state index contributed by atoms with van der Waals surface area (Å²) in [4.78, 5) is 6.45. The van der Waals surface area contributed by atoms with Crippen LogP contribution < -0.4 is 10.4 Å². The highest BCUT2D eigenvalue weighted by molar-refractivity contribution is 5.37. The van der Waals surface area contributed by atoms with Crippen molar-refractivity contribution in [2.24, 2.45) is 0 Å². The summed E-state index contributed by atoms with van der Waals surface area (Å²) >= 11 is 0. The SMILES string of the molecule is Cc1nc(N2CCCCC2)cc(=N)n1O. The molecule has 5 heteroatoms. The van der Waals surface area contributed by atoms with E-state index in [4.69, 9.17) is 5.41 Å². The molecular formula is C10H16N4O. The lowest BCUT2D eigenvalue weighted by atomic mass is 10.1. The fourth-order valence-electron chi connectivity index (χ4n) is 1.89. The van der Waals surface area contributed by atoms with Gasteiger partial charge in [0.05, 0.1) is 0 Å². The van der Waals surface area contributed by atoms with Crippen LogP contribution in [0.15, 0.2) is 6.07 Å². The Morgan fingerprint density at radius 1 is 1.33 bits per heavy atom. The molecule has 82 valence electrons. The molecule has 0 radical (unpaired) electrons. The predicted octanol–water partition coefficient (Wildman–Crippen LogP) is 0.899. The van der Waals surface area contributed by atoms with Crippen LogP contribution in [-0.4, -0.2) is 28.0 Å². The highest BCUT2D eigenvalue weighted by Crippen LogP contribution is 2.15. The van der Waals surface area contributed by atoms with Gasteiger partial charge in [-0.15, -0.1) is 0 Å². The molecule has 0 aromatic carbocycles. The van der Waals surface area contributed by atoms with Crippen molar-refractivity contribution in [2.75, 3.05) is 18.0 Å². The summed E-state index contributed by atoms with van der Waals surface area (Å²) in [6.07, 6.45) is 3.64. The minimum Gasteiger partial charge on any atom is -0.425 e. The van der Waals surface area contributed by atoms with E-state index in [9.17, 15) is 5.21 Å². The van der Waals surface area contributed by atoms with Crippen LogP contribution in [0.2, 0.25) is 0 Å². The highest BCUT2D eigenvalue weighted by Gasteiger charge is 2.13. The van der Waals surface area contributed by atoms with Crippen molar-refractivity contribution in [3.05, 3.63) is 17.4 Å². The van der Waals surface area contributed by atoms with E-state index >= 15 is 0 Å². The molecule has 1 aromatic rings. The van der Waals surface area contributed by atoms with Gasteiger partial charge in [-0.1, -0.05) is 0 Å². The van der Waals surface area contributed by atoms with Gasteiger partial charge >= 0.3 is 0 Å². The summed E-state index contributed by atoms with van der Waals surface area (Å²) < 4.78 is 0.799. The van der Waals surface area contributed by atoms with Crippen LogP contribution in [0.4, 0.5) is 5.82 Å². The zero-order chi connectivity index (χ0) is 10.8. The number of nitrogens with zero attached hydrogens (tertiary/aromatic N) is 3. The van der Waals surface area contributed by atoms with E-state index in [2.05, 4.69) is 9.88 Å². The summed E-state index contributed by atoms with van der Waals surface area (Å²) in [5.74, 6) is 1.27. The van der Waals surface area contributed by atoms with E-state index in [1.165, 1.54) is 19.3 Å². The second-order valence-electron chi connectivity index (χ2n) is 3.91. The largest absolute Gasteiger partial charge is 0.425 e. The Morgan fingerprint density at radius 2 is 2.00 bits per heavy atom. The van der Waals surface area contributed by atoms with Gasteiger partial charge in [-0.2, -0.15) is 4.73 Å². The fourth-order valence-corrected chi connectivity index (χ4v) is 1.89. The van der Waals surface area contributed by atoms with E-state index in [0.29, 0.717) is 5.82 Å².